The lowest BCUT2D eigenvalue weighted by Crippen LogP contribution is -2.31. The lowest BCUT2D eigenvalue weighted by molar-refractivity contribution is 0.0794. The predicted octanol–water partition coefficient (Wildman–Crippen LogP) is 3.66. The van der Waals surface area contributed by atoms with Crippen LogP contribution in [0.15, 0.2) is 72.9 Å². The first-order chi connectivity index (χ1) is 11.3. The molecule has 0 bridgehead atoms. The van der Waals surface area contributed by atoms with E-state index in [1.54, 1.807) is 6.20 Å². The number of benzene rings is 2. The molecule has 0 amide bonds. The largest absolute Gasteiger partial charge is 0.380 e. The van der Waals surface area contributed by atoms with Crippen LogP contribution >= 0.6 is 0 Å². The molecular formula is C21H19NO. The van der Waals surface area contributed by atoms with E-state index >= 15 is 0 Å². The van der Waals surface area contributed by atoms with Crippen LogP contribution in [0.5, 0.6) is 0 Å². The zero-order valence-electron chi connectivity index (χ0n) is 12.9. The van der Waals surface area contributed by atoms with Crippen molar-refractivity contribution in [2.75, 3.05) is 0 Å². The molecule has 1 aromatic heterocycles. The summed E-state index contributed by atoms with van der Waals surface area (Å²) in [5.74, 6) is 0. The summed E-state index contributed by atoms with van der Waals surface area (Å²) in [4.78, 5) is 4.43. The minimum absolute atomic E-state index is 0.488. The summed E-state index contributed by atoms with van der Waals surface area (Å²) >= 11 is 0. The second kappa shape index (κ2) is 5.64. The minimum atomic E-state index is -1.03. The number of nitrogens with zero attached hydrogens (tertiary/aromatic N) is 1. The Morgan fingerprint density at radius 3 is 1.91 bits per heavy atom. The van der Waals surface area contributed by atoms with Crippen molar-refractivity contribution in [1.29, 1.82) is 0 Å². The van der Waals surface area contributed by atoms with E-state index in [0.29, 0.717) is 6.42 Å². The van der Waals surface area contributed by atoms with Crippen molar-refractivity contribution in [2.24, 2.45) is 0 Å². The standard InChI is InChI=1S/C21H19NO/c23-21(15-18-9-5-6-14-22-18)19-10-3-1-7-16(19)12-13-17-8-2-4-11-20(17)21/h1-11,14,23H,12-13,15H2. The third kappa shape index (κ3) is 2.45. The molecule has 0 aliphatic heterocycles. The van der Waals surface area contributed by atoms with Gasteiger partial charge >= 0.3 is 0 Å². The molecule has 0 fully saturated rings. The lowest BCUT2D eigenvalue weighted by atomic mass is 9.80. The summed E-state index contributed by atoms with van der Waals surface area (Å²) < 4.78 is 0. The molecule has 1 aliphatic rings. The fourth-order valence-electron chi connectivity index (χ4n) is 3.65. The van der Waals surface area contributed by atoms with Crippen LogP contribution < -0.4 is 0 Å². The number of fused-ring (bicyclic) bond motifs is 2. The molecule has 114 valence electrons. The molecule has 0 unspecified atom stereocenters. The van der Waals surface area contributed by atoms with E-state index in [1.165, 1.54) is 11.1 Å². The van der Waals surface area contributed by atoms with Gasteiger partial charge in [0.2, 0.25) is 0 Å². The molecule has 0 saturated heterocycles. The average Bonchev–Trinajstić information content (AvgIpc) is 2.72. The van der Waals surface area contributed by atoms with E-state index in [-0.39, 0.29) is 0 Å². The number of aromatic nitrogens is 1. The molecule has 2 nitrogen and oxygen atoms in total. The van der Waals surface area contributed by atoms with E-state index in [4.69, 9.17) is 0 Å². The van der Waals surface area contributed by atoms with Gasteiger partial charge in [0.25, 0.3) is 0 Å². The van der Waals surface area contributed by atoms with Crippen LogP contribution in [0.1, 0.15) is 27.9 Å². The molecule has 0 radical (unpaired) electrons. The van der Waals surface area contributed by atoms with Gasteiger partial charge in [-0.2, -0.15) is 0 Å². The Kier molecular flexibility index (Phi) is 3.47. The van der Waals surface area contributed by atoms with E-state index < -0.39 is 5.60 Å². The van der Waals surface area contributed by atoms with Gasteiger partial charge in [-0.15, -0.1) is 0 Å². The molecule has 1 N–H and O–H groups in total. The van der Waals surface area contributed by atoms with Gasteiger partial charge in [0.1, 0.15) is 5.60 Å². The fraction of sp³-hybridized carbons (Fsp3) is 0.190. The summed E-state index contributed by atoms with van der Waals surface area (Å²) in [6, 6.07) is 22.4. The third-order valence-electron chi connectivity index (χ3n) is 4.75. The third-order valence-corrected chi connectivity index (χ3v) is 4.75. The Morgan fingerprint density at radius 2 is 1.35 bits per heavy atom. The van der Waals surface area contributed by atoms with Crippen molar-refractivity contribution in [1.82, 2.24) is 4.98 Å². The summed E-state index contributed by atoms with van der Waals surface area (Å²) in [5.41, 5.74) is 4.34. The van der Waals surface area contributed by atoms with Gasteiger partial charge in [0.05, 0.1) is 0 Å². The van der Waals surface area contributed by atoms with Crippen LogP contribution in [0.4, 0.5) is 0 Å². The number of hydrogen-bond donors (Lipinski definition) is 1. The van der Waals surface area contributed by atoms with E-state index in [1.807, 2.05) is 30.3 Å². The van der Waals surface area contributed by atoms with Crippen LogP contribution in [-0.2, 0) is 24.9 Å². The van der Waals surface area contributed by atoms with E-state index in [2.05, 4.69) is 41.4 Å². The topological polar surface area (TPSA) is 33.1 Å². The maximum Gasteiger partial charge on any atom is 0.121 e. The van der Waals surface area contributed by atoms with Gasteiger partial charge in [-0.3, -0.25) is 4.98 Å². The molecule has 3 aromatic rings. The highest BCUT2D eigenvalue weighted by Crippen LogP contribution is 2.39. The zero-order chi connectivity index (χ0) is 15.7. The first-order valence-corrected chi connectivity index (χ1v) is 8.06. The highest BCUT2D eigenvalue weighted by molar-refractivity contribution is 5.48. The average molecular weight is 301 g/mol. The molecule has 23 heavy (non-hydrogen) atoms. The Morgan fingerprint density at radius 1 is 0.783 bits per heavy atom. The molecular weight excluding hydrogens is 282 g/mol. The molecule has 4 rings (SSSR count). The van der Waals surface area contributed by atoms with Crippen LogP contribution in [0.3, 0.4) is 0 Å². The summed E-state index contributed by atoms with van der Waals surface area (Å²) in [6.07, 6.45) is 4.19. The van der Waals surface area contributed by atoms with Crippen molar-refractivity contribution < 1.29 is 5.11 Å². The molecule has 2 heteroatoms. The minimum Gasteiger partial charge on any atom is -0.380 e. The summed E-state index contributed by atoms with van der Waals surface area (Å²) in [6.45, 7) is 0. The van der Waals surface area contributed by atoms with Gasteiger partial charge in [-0.25, -0.2) is 0 Å². The summed E-state index contributed by atoms with van der Waals surface area (Å²) in [5, 5.41) is 11.8. The van der Waals surface area contributed by atoms with Gasteiger partial charge in [0, 0.05) is 18.3 Å². The van der Waals surface area contributed by atoms with Gasteiger partial charge < -0.3 is 5.11 Å². The maximum atomic E-state index is 11.8. The molecule has 0 saturated carbocycles. The number of aliphatic hydroxyl groups is 1. The van der Waals surface area contributed by atoms with Crippen LogP contribution in [-0.4, -0.2) is 10.1 Å². The predicted molar refractivity (Wildman–Crippen MR) is 91.2 cm³/mol. The Balaban J connectivity index is 1.92. The number of pyridine rings is 1. The molecule has 0 atom stereocenters. The van der Waals surface area contributed by atoms with Crippen LogP contribution in [0.25, 0.3) is 0 Å². The normalized spacial score (nSPS) is 15.3. The van der Waals surface area contributed by atoms with Crippen LogP contribution in [0.2, 0.25) is 0 Å². The quantitative estimate of drug-likeness (QED) is 0.783. The molecule has 1 aliphatic carbocycles. The number of hydrogen-bond acceptors (Lipinski definition) is 2. The highest BCUT2D eigenvalue weighted by Gasteiger charge is 2.37. The van der Waals surface area contributed by atoms with E-state index in [0.717, 1.165) is 29.7 Å². The number of rotatable bonds is 2. The highest BCUT2D eigenvalue weighted by atomic mass is 16.3. The van der Waals surface area contributed by atoms with Gasteiger partial charge in [-0.1, -0.05) is 54.6 Å². The van der Waals surface area contributed by atoms with Crippen molar-refractivity contribution in [3.63, 3.8) is 0 Å². The van der Waals surface area contributed by atoms with Crippen molar-refractivity contribution in [3.05, 3.63) is 101 Å². The smallest absolute Gasteiger partial charge is 0.121 e. The first-order valence-electron chi connectivity index (χ1n) is 8.06. The molecule has 1 heterocycles. The monoisotopic (exact) mass is 301 g/mol. The molecule has 0 spiro atoms. The number of aryl methyl sites for hydroxylation is 2. The van der Waals surface area contributed by atoms with Crippen molar-refractivity contribution in [3.8, 4) is 0 Å². The Labute approximate surface area is 136 Å². The van der Waals surface area contributed by atoms with E-state index in [9.17, 15) is 5.11 Å². The zero-order valence-corrected chi connectivity index (χ0v) is 12.9. The maximum absolute atomic E-state index is 11.8. The lowest BCUT2D eigenvalue weighted by Gasteiger charge is -2.31. The fourth-order valence-corrected chi connectivity index (χ4v) is 3.65. The van der Waals surface area contributed by atoms with Gasteiger partial charge in [-0.05, 0) is 47.2 Å². The molecule has 2 aromatic carbocycles. The SMILES string of the molecule is OC1(Cc2ccccn2)c2ccccc2CCc2ccccc21. The Hall–Kier alpha value is -2.45. The van der Waals surface area contributed by atoms with Crippen LogP contribution in [0, 0.1) is 0 Å². The Bertz CT molecular complexity index is 779. The summed E-state index contributed by atoms with van der Waals surface area (Å²) in [7, 11) is 0. The van der Waals surface area contributed by atoms with Crippen molar-refractivity contribution in [2.45, 2.75) is 24.9 Å². The second-order valence-corrected chi connectivity index (χ2v) is 6.17. The first kappa shape index (κ1) is 14.2. The van der Waals surface area contributed by atoms with Gasteiger partial charge in [0.15, 0.2) is 0 Å². The van der Waals surface area contributed by atoms with Crippen molar-refractivity contribution >= 4 is 0 Å². The second-order valence-electron chi connectivity index (χ2n) is 6.17.